The van der Waals surface area contributed by atoms with Crippen LogP contribution in [0.5, 0.6) is 5.75 Å². The van der Waals surface area contributed by atoms with Crippen molar-refractivity contribution in [1.82, 2.24) is 0 Å². The highest BCUT2D eigenvalue weighted by Gasteiger charge is 2.26. The van der Waals surface area contributed by atoms with Crippen molar-refractivity contribution in [3.8, 4) is 5.75 Å². The molecule has 21 heavy (non-hydrogen) atoms. The highest BCUT2D eigenvalue weighted by molar-refractivity contribution is 5.59. The van der Waals surface area contributed by atoms with Gasteiger partial charge < -0.3 is 15.4 Å². The predicted molar refractivity (Wildman–Crippen MR) is 90.0 cm³/mol. The van der Waals surface area contributed by atoms with Gasteiger partial charge in [0.25, 0.3) is 0 Å². The molecule has 0 amide bonds. The zero-order valence-electron chi connectivity index (χ0n) is 13.6. The van der Waals surface area contributed by atoms with Crippen LogP contribution in [0.4, 0.5) is 5.69 Å². The topological polar surface area (TPSA) is 38.5 Å². The molecule has 0 spiro atoms. The molecular weight excluding hydrogens is 260 g/mol. The van der Waals surface area contributed by atoms with Gasteiger partial charge in [0, 0.05) is 12.6 Å². The zero-order chi connectivity index (χ0) is 15.1. The van der Waals surface area contributed by atoms with Crippen molar-refractivity contribution in [2.24, 2.45) is 11.7 Å². The summed E-state index contributed by atoms with van der Waals surface area (Å²) in [6.45, 7) is 4.09. The van der Waals surface area contributed by atoms with Crippen LogP contribution in [0.3, 0.4) is 0 Å². The Bertz CT molecular complexity index is 413. The summed E-state index contributed by atoms with van der Waals surface area (Å²) in [6.07, 6.45) is 7.66. The molecule has 0 aromatic heterocycles. The number of methoxy groups -OCH3 is 1. The maximum atomic E-state index is 5.74. The van der Waals surface area contributed by atoms with E-state index in [1.807, 2.05) is 6.07 Å². The molecule has 2 rings (SSSR count). The Morgan fingerprint density at radius 1 is 1.19 bits per heavy atom. The number of anilines is 1. The van der Waals surface area contributed by atoms with E-state index in [4.69, 9.17) is 10.5 Å². The first-order valence-electron chi connectivity index (χ1n) is 8.39. The maximum Gasteiger partial charge on any atom is 0.142 e. The Labute approximate surface area is 129 Å². The summed E-state index contributed by atoms with van der Waals surface area (Å²) in [6, 6.07) is 9.02. The number of ether oxygens (including phenoxy) is 1. The maximum absolute atomic E-state index is 5.74. The molecular formula is C18H30N2O. The first kappa shape index (κ1) is 16.2. The smallest absolute Gasteiger partial charge is 0.142 e. The second-order valence-corrected chi connectivity index (χ2v) is 6.09. The minimum Gasteiger partial charge on any atom is -0.495 e. The lowest BCUT2D eigenvalue weighted by Gasteiger charge is -2.39. The number of nitrogens with zero attached hydrogens (tertiary/aromatic N) is 1. The van der Waals surface area contributed by atoms with Crippen molar-refractivity contribution in [2.75, 3.05) is 25.1 Å². The van der Waals surface area contributed by atoms with Crippen LogP contribution in [0.2, 0.25) is 0 Å². The van der Waals surface area contributed by atoms with Crippen LogP contribution < -0.4 is 15.4 Å². The molecule has 1 fully saturated rings. The van der Waals surface area contributed by atoms with Crippen molar-refractivity contribution in [3.63, 3.8) is 0 Å². The van der Waals surface area contributed by atoms with Gasteiger partial charge in [0.15, 0.2) is 0 Å². The molecule has 3 nitrogen and oxygen atoms in total. The normalized spacial score (nSPS) is 22.0. The first-order valence-corrected chi connectivity index (χ1v) is 8.39. The fourth-order valence-corrected chi connectivity index (χ4v) is 3.49. The van der Waals surface area contributed by atoms with Crippen LogP contribution in [-0.2, 0) is 0 Å². The molecule has 0 bridgehead atoms. The van der Waals surface area contributed by atoms with Crippen LogP contribution >= 0.6 is 0 Å². The fourth-order valence-electron chi connectivity index (χ4n) is 3.49. The number of benzene rings is 1. The largest absolute Gasteiger partial charge is 0.495 e. The zero-order valence-corrected chi connectivity index (χ0v) is 13.6. The van der Waals surface area contributed by atoms with Crippen LogP contribution in [-0.4, -0.2) is 26.2 Å². The summed E-state index contributed by atoms with van der Waals surface area (Å²) in [5.41, 5.74) is 6.97. The van der Waals surface area contributed by atoms with Gasteiger partial charge in [0.1, 0.15) is 5.75 Å². The summed E-state index contributed by atoms with van der Waals surface area (Å²) in [7, 11) is 1.76. The molecule has 1 aromatic carbocycles. The third-order valence-electron chi connectivity index (χ3n) is 4.83. The van der Waals surface area contributed by atoms with E-state index < -0.39 is 0 Å². The lowest BCUT2D eigenvalue weighted by atomic mass is 9.83. The summed E-state index contributed by atoms with van der Waals surface area (Å²) < 4.78 is 5.57. The van der Waals surface area contributed by atoms with Crippen molar-refractivity contribution < 1.29 is 4.74 Å². The van der Waals surface area contributed by atoms with Gasteiger partial charge in [0.05, 0.1) is 12.8 Å². The van der Waals surface area contributed by atoms with Crippen molar-refractivity contribution in [1.29, 1.82) is 0 Å². The molecule has 3 heteroatoms. The van der Waals surface area contributed by atoms with Crippen molar-refractivity contribution >= 4 is 5.69 Å². The van der Waals surface area contributed by atoms with E-state index in [0.717, 1.165) is 31.2 Å². The van der Waals surface area contributed by atoms with E-state index in [9.17, 15) is 0 Å². The first-order chi connectivity index (χ1) is 10.3. The standard InChI is InChI=1S/C18H30N2O/c1-3-15-9-11-16(12-10-15)20(14-6-13-19)17-7-4-5-8-18(17)21-2/h4-5,7-8,15-16H,3,6,9-14,19H2,1-2H3. The van der Waals surface area contributed by atoms with Gasteiger partial charge in [-0.2, -0.15) is 0 Å². The van der Waals surface area contributed by atoms with E-state index in [-0.39, 0.29) is 0 Å². The molecule has 0 heterocycles. The molecule has 1 aromatic rings. The molecule has 0 atom stereocenters. The monoisotopic (exact) mass is 290 g/mol. The molecule has 1 saturated carbocycles. The highest BCUT2D eigenvalue weighted by Crippen LogP contribution is 2.35. The minimum atomic E-state index is 0.635. The van der Waals surface area contributed by atoms with E-state index in [1.54, 1.807) is 7.11 Å². The average molecular weight is 290 g/mol. The van der Waals surface area contributed by atoms with E-state index in [0.29, 0.717) is 6.04 Å². The summed E-state index contributed by atoms with van der Waals surface area (Å²) in [4.78, 5) is 2.54. The van der Waals surface area contributed by atoms with Gasteiger partial charge >= 0.3 is 0 Å². The van der Waals surface area contributed by atoms with Crippen LogP contribution in [0.1, 0.15) is 45.4 Å². The van der Waals surface area contributed by atoms with E-state index in [2.05, 4.69) is 30.0 Å². The molecule has 2 N–H and O–H groups in total. The van der Waals surface area contributed by atoms with Crippen LogP contribution in [0.15, 0.2) is 24.3 Å². The van der Waals surface area contributed by atoms with Gasteiger partial charge in [0.2, 0.25) is 0 Å². The highest BCUT2D eigenvalue weighted by atomic mass is 16.5. The number of hydrogen-bond acceptors (Lipinski definition) is 3. The Morgan fingerprint density at radius 3 is 2.52 bits per heavy atom. The van der Waals surface area contributed by atoms with Crippen LogP contribution in [0, 0.1) is 5.92 Å². The fraction of sp³-hybridized carbons (Fsp3) is 0.667. The van der Waals surface area contributed by atoms with Gasteiger partial charge in [-0.1, -0.05) is 25.5 Å². The molecule has 118 valence electrons. The predicted octanol–water partition coefficient (Wildman–Crippen LogP) is 3.82. The molecule has 0 aliphatic heterocycles. The van der Waals surface area contributed by atoms with Gasteiger partial charge in [-0.05, 0) is 56.7 Å². The van der Waals surface area contributed by atoms with E-state index >= 15 is 0 Å². The van der Waals surface area contributed by atoms with Crippen molar-refractivity contribution in [2.45, 2.75) is 51.5 Å². The average Bonchev–Trinajstić information content (AvgIpc) is 2.56. The Kier molecular flexibility index (Phi) is 6.37. The lowest BCUT2D eigenvalue weighted by molar-refractivity contribution is 0.306. The number of rotatable bonds is 7. The SMILES string of the molecule is CCC1CCC(N(CCCN)c2ccccc2OC)CC1. The molecule has 1 aliphatic carbocycles. The lowest BCUT2D eigenvalue weighted by Crippen LogP contribution is -2.39. The Morgan fingerprint density at radius 2 is 1.90 bits per heavy atom. The Hall–Kier alpha value is -1.22. The molecule has 0 unspecified atom stereocenters. The molecule has 0 radical (unpaired) electrons. The number of para-hydroxylation sites is 2. The molecule has 0 saturated heterocycles. The second-order valence-electron chi connectivity index (χ2n) is 6.09. The third-order valence-corrected chi connectivity index (χ3v) is 4.83. The minimum absolute atomic E-state index is 0.635. The van der Waals surface area contributed by atoms with Gasteiger partial charge in [-0.15, -0.1) is 0 Å². The van der Waals surface area contributed by atoms with Gasteiger partial charge in [-0.3, -0.25) is 0 Å². The summed E-state index contributed by atoms with van der Waals surface area (Å²) in [5.74, 6) is 1.91. The Balaban J connectivity index is 2.14. The van der Waals surface area contributed by atoms with Crippen molar-refractivity contribution in [3.05, 3.63) is 24.3 Å². The number of hydrogen-bond donors (Lipinski definition) is 1. The third kappa shape index (κ3) is 4.13. The summed E-state index contributed by atoms with van der Waals surface area (Å²) >= 11 is 0. The quantitative estimate of drug-likeness (QED) is 0.829. The molecule has 1 aliphatic rings. The second kappa shape index (κ2) is 8.28. The number of nitrogens with two attached hydrogens (primary N) is 1. The van der Waals surface area contributed by atoms with Gasteiger partial charge in [-0.25, -0.2) is 0 Å². The summed E-state index contributed by atoms with van der Waals surface area (Å²) in [5, 5.41) is 0. The van der Waals surface area contributed by atoms with Crippen LogP contribution in [0.25, 0.3) is 0 Å². The van der Waals surface area contributed by atoms with E-state index in [1.165, 1.54) is 37.8 Å².